The van der Waals surface area contributed by atoms with E-state index < -0.39 is 17.9 Å². The Hall–Kier alpha value is -4.31. The Labute approximate surface area is 225 Å². The Morgan fingerprint density at radius 3 is 2.59 bits per heavy atom. The zero-order valence-corrected chi connectivity index (χ0v) is 21.4. The minimum Gasteiger partial charge on any atom is -0.457 e. The number of fused-ring (bicyclic) bond motifs is 2. The molecule has 1 amide bonds. The standard InChI is InChI=1S/C29H21F3N4O2S/c1-17-9-11-18(12-10-17)16-39-28-34-27(37)25-21-7-2-3-8-22(21)33-26(36(25)35-28)24-14-13-23(38-24)19-5-4-6-20(15-19)29(30,31)32/h2-15,26H,16H2,1H3,(H,34,35,37)/t26-/m1/s1. The van der Waals surface area contributed by atoms with Crippen LogP contribution in [0.4, 0.5) is 13.2 Å². The van der Waals surface area contributed by atoms with Crippen LogP contribution in [0.5, 0.6) is 0 Å². The largest absolute Gasteiger partial charge is 0.457 e. The van der Waals surface area contributed by atoms with E-state index >= 15 is 0 Å². The molecule has 196 valence electrons. The summed E-state index contributed by atoms with van der Waals surface area (Å²) in [7, 11) is 0. The molecular formula is C29H21F3N4O2S. The molecule has 3 heterocycles. The normalized spacial score (nSPS) is 16.7. The van der Waals surface area contributed by atoms with Crippen LogP contribution in [0.15, 0.2) is 99.4 Å². The number of aryl methyl sites for hydroxylation is 1. The van der Waals surface area contributed by atoms with Crippen molar-refractivity contribution in [1.82, 2.24) is 10.3 Å². The monoisotopic (exact) mass is 546 g/mol. The molecule has 6 rings (SSSR count). The molecule has 1 N–H and O–H groups in total. The van der Waals surface area contributed by atoms with Gasteiger partial charge < -0.3 is 4.42 Å². The van der Waals surface area contributed by atoms with Gasteiger partial charge in [-0.2, -0.15) is 13.2 Å². The second-order valence-corrected chi connectivity index (χ2v) is 10.1. The van der Waals surface area contributed by atoms with E-state index in [1.54, 1.807) is 30.3 Å². The summed E-state index contributed by atoms with van der Waals surface area (Å²) >= 11 is 1.38. The quantitative estimate of drug-likeness (QED) is 0.375. The molecule has 0 saturated heterocycles. The van der Waals surface area contributed by atoms with E-state index in [2.05, 4.69) is 5.32 Å². The summed E-state index contributed by atoms with van der Waals surface area (Å²) in [4.78, 5) is 18.1. The fraction of sp³-hybridized carbons (Fsp3) is 0.138. The van der Waals surface area contributed by atoms with E-state index in [0.717, 1.165) is 23.3 Å². The predicted octanol–water partition coefficient (Wildman–Crippen LogP) is 5.35. The number of hydrogen-bond acceptors (Lipinski definition) is 6. The summed E-state index contributed by atoms with van der Waals surface area (Å²) < 4.78 is 45.8. The summed E-state index contributed by atoms with van der Waals surface area (Å²) in [5.41, 5.74) is 2.08. The zero-order valence-electron chi connectivity index (χ0n) is 20.6. The molecule has 0 saturated carbocycles. The van der Waals surface area contributed by atoms with Crippen molar-refractivity contribution < 1.29 is 22.4 Å². The predicted molar refractivity (Wildman–Crippen MR) is 142 cm³/mol. The maximum Gasteiger partial charge on any atom is 0.416 e. The third-order valence-corrected chi connectivity index (χ3v) is 7.30. The molecule has 2 aliphatic heterocycles. The Bertz CT molecular complexity index is 1730. The lowest BCUT2D eigenvalue weighted by Crippen LogP contribution is -2.50. The van der Waals surface area contributed by atoms with Gasteiger partial charge in [0.15, 0.2) is 10.9 Å². The van der Waals surface area contributed by atoms with Crippen LogP contribution in [-0.2, 0) is 16.7 Å². The van der Waals surface area contributed by atoms with E-state index in [-0.39, 0.29) is 17.2 Å². The van der Waals surface area contributed by atoms with Crippen molar-refractivity contribution in [2.75, 3.05) is 0 Å². The van der Waals surface area contributed by atoms with Gasteiger partial charge in [-0.3, -0.25) is 10.1 Å². The SMILES string of the molecule is Cc1ccc(CSC2=NN3C(=c4ccccc4=N[C@H]3c3ccc(-c4cccc(C(F)(F)F)c4)o3)C(=O)N2)cc1. The second kappa shape index (κ2) is 9.77. The molecule has 3 aromatic carbocycles. The molecule has 0 bridgehead atoms. The summed E-state index contributed by atoms with van der Waals surface area (Å²) in [5.74, 6) is 0.872. The molecule has 1 atom stereocenters. The molecule has 0 aliphatic carbocycles. The molecule has 2 aliphatic rings. The van der Waals surface area contributed by atoms with Crippen LogP contribution < -0.4 is 15.9 Å². The average molecular weight is 547 g/mol. The van der Waals surface area contributed by atoms with Crippen molar-refractivity contribution in [2.45, 2.75) is 25.0 Å². The fourth-order valence-corrected chi connectivity index (χ4v) is 5.22. The number of nitrogens with zero attached hydrogens (tertiary/aromatic N) is 3. The Kier molecular flexibility index (Phi) is 6.26. The third kappa shape index (κ3) is 4.95. The van der Waals surface area contributed by atoms with Crippen molar-refractivity contribution >= 4 is 28.5 Å². The number of amidine groups is 1. The maximum atomic E-state index is 13.3. The van der Waals surface area contributed by atoms with Crippen LogP contribution in [0.3, 0.4) is 0 Å². The molecule has 1 aromatic heterocycles. The van der Waals surface area contributed by atoms with Crippen LogP contribution in [0.25, 0.3) is 17.0 Å². The Morgan fingerprint density at radius 2 is 1.79 bits per heavy atom. The molecular weight excluding hydrogens is 525 g/mol. The van der Waals surface area contributed by atoms with Crippen LogP contribution in [0, 0.1) is 6.92 Å². The van der Waals surface area contributed by atoms with Gasteiger partial charge in [-0.25, -0.2) is 10.0 Å². The minimum absolute atomic E-state index is 0.256. The van der Waals surface area contributed by atoms with Crippen molar-refractivity contribution in [3.05, 3.63) is 118 Å². The van der Waals surface area contributed by atoms with E-state index in [0.29, 0.717) is 33.0 Å². The van der Waals surface area contributed by atoms with E-state index in [1.165, 1.54) is 22.8 Å². The molecule has 0 unspecified atom stereocenters. The van der Waals surface area contributed by atoms with Crippen molar-refractivity contribution in [1.29, 1.82) is 0 Å². The number of halogens is 3. The van der Waals surface area contributed by atoms with Crippen molar-refractivity contribution in [2.24, 2.45) is 10.1 Å². The van der Waals surface area contributed by atoms with Gasteiger partial charge in [0.2, 0.25) is 6.17 Å². The number of alkyl halides is 3. The smallest absolute Gasteiger partial charge is 0.416 e. The number of thioether (sulfide) groups is 1. The average Bonchev–Trinajstić information content (AvgIpc) is 3.42. The number of benzene rings is 3. The van der Waals surface area contributed by atoms with Crippen molar-refractivity contribution in [3.8, 4) is 11.3 Å². The minimum atomic E-state index is -4.47. The number of rotatable bonds is 4. The van der Waals surface area contributed by atoms with Gasteiger partial charge in [-0.1, -0.05) is 71.9 Å². The van der Waals surface area contributed by atoms with Crippen LogP contribution in [0.1, 0.15) is 28.6 Å². The number of nitrogens with one attached hydrogen (secondary N) is 1. The highest BCUT2D eigenvalue weighted by Gasteiger charge is 2.36. The fourth-order valence-electron chi connectivity index (χ4n) is 4.41. The highest BCUT2D eigenvalue weighted by Crippen LogP contribution is 2.36. The molecule has 0 spiro atoms. The van der Waals surface area contributed by atoms with Gasteiger partial charge >= 0.3 is 6.18 Å². The number of hydrogen-bond donors (Lipinski definition) is 1. The first-order chi connectivity index (χ1) is 18.8. The number of furan rings is 1. The van der Waals surface area contributed by atoms with Gasteiger partial charge in [-0.15, -0.1) is 5.10 Å². The van der Waals surface area contributed by atoms with Gasteiger partial charge in [-0.05, 0) is 42.8 Å². The highest BCUT2D eigenvalue weighted by atomic mass is 32.2. The number of hydrazone groups is 1. The van der Waals surface area contributed by atoms with E-state index in [9.17, 15) is 18.0 Å². The van der Waals surface area contributed by atoms with Gasteiger partial charge in [0.1, 0.15) is 11.5 Å². The maximum absolute atomic E-state index is 13.3. The summed E-state index contributed by atoms with van der Waals surface area (Å²) in [6.45, 7) is 2.02. The lowest BCUT2D eigenvalue weighted by molar-refractivity contribution is -0.137. The lowest BCUT2D eigenvalue weighted by atomic mass is 10.1. The molecule has 0 radical (unpaired) electrons. The number of carbonyl (C=O) groups excluding carboxylic acids is 1. The molecule has 10 heteroatoms. The summed E-state index contributed by atoms with van der Waals surface area (Å²) in [5, 5.41) is 10.7. The molecule has 4 aromatic rings. The summed E-state index contributed by atoms with van der Waals surface area (Å²) in [6, 6.07) is 23.5. The van der Waals surface area contributed by atoms with Crippen molar-refractivity contribution in [3.63, 3.8) is 0 Å². The highest BCUT2D eigenvalue weighted by molar-refractivity contribution is 8.13. The first-order valence-electron chi connectivity index (χ1n) is 12.1. The topological polar surface area (TPSA) is 70.2 Å². The Morgan fingerprint density at radius 1 is 1.00 bits per heavy atom. The first kappa shape index (κ1) is 25.0. The molecule has 0 fully saturated rings. The van der Waals surface area contributed by atoms with Crippen LogP contribution in [-0.4, -0.2) is 16.1 Å². The summed E-state index contributed by atoms with van der Waals surface area (Å²) in [6.07, 6.45) is -5.30. The van der Waals surface area contributed by atoms with Crippen LogP contribution >= 0.6 is 11.8 Å². The lowest BCUT2D eigenvalue weighted by Gasteiger charge is -2.32. The second-order valence-electron chi connectivity index (χ2n) is 9.13. The van der Waals surface area contributed by atoms with E-state index in [1.807, 2.05) is 43.3 Å². The molecule has 39 heavy (non-hydrogen) atoms. The number of para-hydroxylation sites is 1. The van der Waals surface area contributed by atoms with E-state index in [4.69, 9.17) is 14.5 Å². The first-order valence-corrected chi connectivity index (χ1v) is 13.1. The molecule has 6 nitrogen and oxygen atoms in total. The van der Waals surface area contributed by atoms with Crippen LogP contribution in [0.2, 0.25) is 0 Å². The van der Waals surface area contributed by atoms with Gasteiger partial charge in [0.25, 0.3) is 5.91 Å². The number of carbonyl (C=O) groups is 1. The Balaban J connectivity index is 1.37. The van der Waals surface area contributed by atoms with Gasteiger partial charge in [0.05, 0.1) is 10.9 Å². The van der Waals surface area contributed by atoms with Gasteiger partial charge in [0, 0.05) is 16.5 Å². The number of amides is 1. The third-order valence-electron chi connectivity index (χ3n) is 6.37. The zero-order chi connectivity index (χ0) is 27.1.